The van der Waals surface area contributed by atoms with Gasteiger partial charge < -0.3 is 23.7 Å². The molecule has 1 aliphatic heterocycles. The van der Waals surface area contributed by atoms with E-state index in [0.717, 1.165) is 0 Å². The molecule has 1 fully saturated rings. The molecule has 0 bridgehead atoms. The fraction of sp³-hybridized carbons (Fsp3) is 0.688. The van der Waals surface area contributed by atoms with Crippen LogP contribution in [0.2, 0.25) is 18.1 Å². The van der Waals surface area contributed by atoms with Crippen molar-refractivity contribution < 1.29 is 28.3 Å². The second kappa shape index (κ2) is 7.90. The molecule has 3 rings (SSSR count). The van der Waals surface area contributed by atoms with Gasteiger partial charge in [-0.15, -0.1) is 0 Å². The van der Waals surface area contributed by atoms with Gasteiger partial charge in [0.2, 0.25) is 0 Å². The average molecular weight is 430 g/mol. The highest BCUT2D eigenvalue weighted by Crippen LogP contribution is 2.44. The molecule has 2 N–H and O–H groups in total. The van der Waals surface area contributed by atoms with E-state index in [9.17, 15) is 14.6 Å². The number of rotatable bonds is 6. The Morgan fingerprint density at radius 1 is 1.32 bits per heavy atom. The van der Waals surface area contributed by atoms with Gasteiger partial charge in [-0.3, -0.25) is 9.13 Å². The third-order valence-corrected chi connectivity index (χ3v) is 10.4. The zero-order valence-corrected chi connectivity index (χ0v) is 18.6. The van der Waals surface area contributed by atoms with Crippen LogP contribution in [0.4, 0.5) is 0 Å². The topological polar surface area (TPSA) is 129 Å². The number of nitrogens with zero attached hydrogens (tertiary/aromatic N) is 4. The van der Waals surface area contributed by atoms with Crippen molar-refractivity contribution in [1.29, 1.82) is 0 Å². The van der Waals surface area contributed by atoms with Crippen molar-refractivity contribution in [3.63, 3.8) is 0 Å². The smallest absolute Gasteiger partial charge is 0.317 e. The molecule has 5 atom stereocenters. The minimum absolute atomic E-state index is 0.108. The summed E-state index contributed by atoms with van der Waals surface area (Å²) in [6.45, 7) is 10.1. The van der Waals surface area contributed by atoms with Crippen LogP contribution in [0.15, 0.2) is 18.9 Å². The fourth-order valence-corrected chi connectivity index (χ4v) is 4.75. The van der Waals surface area contributed by atoms with E-state index in [1.807, 2.05) is 0 Å². The zero-order valence-electron chi connectivity index (χ0n) is 16.6. The van der Waals surface area contributed by atoms with Crippen molar-refractivity contribution in [3.05, 3.63) is 18.9 Å². The number of ether oxygens (including phenoxy) is 1. The lowest BCUT2D eigenvalue weighted by Crippen LogP contribution is -2.49. The molecule has 0 aromatic carbocycles. The van der Waals surface area contributed by atoms with E-state index in [1.54, 1.807) is 17.1 Å². The first kappa shape index (κ1) is 21.5. The summed E-state index contributed by atoms with van der Waals surface area (Å²) < 4.78 is 31.0. The standard InChI is InChI=1S/C16H27N4O6PSi/c1-16(2,3)28(4,5)26-13-12(25-27(22)23)11(7-21)24-15(13)20-9-19-10-6-17-8-18-14(10)20/h6,8-9,11-13,15,21,27H,7H2,1-5H3,(H,22,23)/t11-,12-,13-,15-/m1/s1. The lowest BCUT2D eigenvalue weighted by molar-refractivity contribution is -0.0487. The van der Waals surface area contributed by atoms with Crippen molar-refractivity contribution in [3.8, 4) is 0 Å². The SMILES string of the molecule is CC(C)(C)[Si](C)(C)O[C@@H]1[C@H](O[PH](=O)O)[C@@H](CO)O[C@H]1n1cnc2cncnc21. The summed E-state index contributed by atoms with van der Waals surface area (Å²) in [4.78, 5) is 21.9. The van der Waals surface area contributed by atoms with Crippen LogP contribution in [0.3, 0.4) is 0 Å². The van der Waals surface area contributed by atoms with Crippen LogP contribution < -0.4 is 0 Å². The van der Waals surface area contributed by atoms with Crippen LogP contribution in [0.1, 0.15) is 27.0 Å². The highest BCUT2D eigenvalue weighted by molar-refractivity contribution is 7.32. The van der Waals surface area contributed by atoms with Gasteiger partial charge in [0.15, 0.2) is 20.2 Å². The number of hydrogen-bond acceptors (Lipinski definition) is 8. The normalized spacial score (nSPS) is 27.4. The number of aliphatic hydroxyl groups excluding tert-OH is 1. The molecule has 0 amide bonds. The summed E-state index contributed by atoms with van der Waals surface area (Å²) in [5, 5.41) is 9.67. The van der Waals surface area contributed by atoms with Gasteiger partial charge in [0, 0.05) is 0 Å². The van der Waals surface area contributed by atoms with Gasteiger partial charge in [-0.25, -0.2) is 15.0 Å². The minimum Gasteiger partial charge on any atom is -0.407 e. The summed E-state index contributed by atoms with van der Waals surface area (Å²) in [6.07, 6.45) is 1.39. The van der Waals surface area contributed by atoms with Gasteiger partial charge in [-0.05, 0) is 18.1 Å². The highest BCUT2D eigenvalue weighted by atomic mass is 31.1. The van der Waals surface area contributed by atoms with E-state index < -0.39 is 41.1 Å². The second-order valence-electron chi connectivity index (χ2n) is 8.32. The Balaban J connectivity index is 2.04. The van der Waals surface area contributed by atoms with Crippen molar-refractivity contribution in [1.82, 2.24) is 19.5 Å². The number of imidazole rings is 1. The monoisotopic (exact) mass is 430 g/mol. The quantitative estimate of drug-likeness (QED) is 0.521. The maximum absolute atomic E-state index is 11.5. The summed E-state index contributed by atoms with van der Waals surface area (Å²) in [7, 11) is -5.58. The molecule has 2 aromatic heterocycles. The predicted octanol–water partition coefficient (Wildman–Crippen LogP) is 1.87. The first-order valence-electron chi connectivity index (χ1n) is 9.01. The molecule has 10 nitrogen and oxygen atoms in total. The molecule has 1 unspecified atom stereocenters. The Hall–Kier alpha value is -1.20. The maximum Gasteiger partial charge on any atom is 0.317 e. The predicted molar refractivity (Wildman–Crippen MR) is 104 cm³/mol. The molecule has 3 heterocycles. The first-order valence-corrected chi connectivity index (χ1v) is 13.2. The molecule has 0 radical (unpaired) electrons. The lowest BCUT2D eigenvalue weighted by Gasteiger charge is -2.40. The minimum atomic E-state index is -3.27. The summed E-state index contributed by atoms with van der Waals surface area (Å²) in [5.41, 5.74) is 1.12. The third kappa shape index (κ3) is 4.06. The molecule has 0 saturated carbocycles. The van der Waals surface area contributed by atoms with Crippen molar-refractivity contribution in [2.24, 2.45) is 0 Å². The highest BCUT2D eigenvalue weighted by Gasteiger charge is 2.52. The average Bonchev–Trinajstić information content (AvgIpc) is 3.15. The van der Waals surface area contributed by atoms with Gasteiger partial charge in [0.05, 0.1) is 19.1 Å². The Morgan fingerprint density at radius 3 is 2.64 bits per heavy atom. The molecule has 1 aliphatic rings. The van der Waals surface area contributed by atoms with E-state index in [0.29, 0.717) is 11.2 Å². The van der Waals surface area contributed by atoms with Crippen molar-refractivity contribution >= 4 is 27.7 Å². The van der Waals surface area contributed by atoms with Crippen LogP contribution >= 0.6 is 8.25 Å². The number of fused-ring (bicyclic) bond motifs is 1. The summed E-state index contributed by atoms with van der Waals surface area (Å²) in [6, 6.07) is 0. The van der Waals surface area contributed by atoms with E-state index in [-0.39, 0.29) is 11.6 Å². The molecule has 1 saturated heterocycles. The largest absolute Gasteiger partial charge is 0.407 e. The molecular weight excluding hydrogens is 403 g/mol. The molecule has 2 aromatic rings. The molecule has 156 valence electrons. The number of aliphatic hydroxyl groups is 1. The fourth-order valence-electron chi connectivity index (χ4n) is 2.95. The van der Waals surface area contributed by atoms with Crippen molar-refractivity contribution in [2.75, 3.05) is 6.61 Å². The van der Waals surface area contributed by atoms with Gasteiger partial charge in [0.1, 0.15) is 30.2 Å². The number of hydrogen-bond donors (Lipinski definition) is 2. The van der Waals surface area contributed by atoms with E-state index in [2.05, 4.69) is 48.8 Å². The van der Waals surface area contributed by atoms with Gasteiger partial charge >= 0.3 is 8.25 Å². The number of aromatic nitrogens is 4. The third-order valence-electron chi connectivity index (χ3n) is 5.45. The Bertz CT molecular complexity index is 857. The summed E-state index contributed by atoms with van der Waals surface area (Å²) in [5.74, 6) is 0. The lowest BCUT2D eigenvalue weighted by atomic mass is 10.1. The maximum atomic E-state index is 11.5. The van der Waals surface area contributed by atoms with Gasteiger partial charge in [-0.2, -0.15) is 0 Å². The van der Waals surface area contributed by atoms with Gasteiger partial charge in [-0.1, -0.05) is 20.8 Å². The van der Waals surface area contributed by atoms with Crippen LogP contribution in [0, 0.1) is 0 Å². The molecule has 0 spiro atoms. The van der Waals surface area contributed by atoms with E-state index in [1.165, 1.54) is 6.33 Å². The molecule has 28 heavy (non-hydrogen) atoms. The summed E-state index contributed by atoms with van der Waals surface area (Å²) >= 11 is 0. The van der Waals surface area contributed by atoms with Crippen LogP contribution in [-0.4, -0.2) is 62.8 Å². The molecule has 0 aliphatic carbocycles. The van der Waals surface area contributed by atoms with E-state index in [4.69, 9.17) is 13.7 Å². The second-order valence-corrected chi connectivity index (χ2v) is 13.8. The first-order chi connectivity index (χ1) is 13.0. The van der Waals surface area contributed by atoms with Crippen LogP contribution in [-0.2, 0) is 18.3 Å². The van der Waals surface area contributed by atoms with E-state index >= 15 is 0 Å². The van der Waals surface area contributed by atoms with Gasteiger partial charge in [0.25, 0.3) is 0 Å². The van der Waals surface area contributed by atoms with Crippen LogP contribution in [0.5, 0.6) is 0 Å². The van der Waals surface area contributed by atoms with Crippen LogP contribution in [0.25, 0.3) is 11.2 Å². The Labute approximate surface area is 165 Å². The van der Waals surface area contributed by atoms with Crippen molar-refractivity contribution in [2.45, 2.75) is 63.4 Å². The Morgan fingerprint density at radius 2 is 2.04 bits per heavy atom. The zero-order chi connectivity index (χ0) is 20.7. The molecular formula is C16H27N4O6PSi. The Kier molecular flexibility index (Phi) is 6.07. The molecule has 12 heteroatoms.